The zero-order valence-corrected chi connectivity index (χ0v) is 20.7. The van der Waals surface area contributed by atoms with Crippen LogP contribution in [0.2, 0.25) is 0 Å². The summed E-state index contributed by atoms with van der Waals surface area (Å²) in [5.41, 5.74) is 3.38. The molecule has 184 valence electrons. The lowest BCUT2D eigenvalue weighted by atomic mass is 9.87. The second kappa shape index (κ2) is 10.8. The van der Waals surface area contributed by atoms with E-state index in [0.717, 1.165) is 34.7 Å². The molecule has 2 atom stereocenters. The Hall–Kier alpha value is -3.51. The predicted octanol–water partition coefficient (Wildman–Crippen LogP) is 5.71. The van der Waals surface area contributed by atoms with E-state index in [1.165, 1.54) is 12.5 Å². The summed E-state index contributed by atoms with van der Waals surface area (Å²) in [4.78, 5) is 12.0. The fourth-order valence-corrected chi connectivity index (χ4v) is 4.30. The number of rotatable bonds is 9. The zero-order chi connectivity index (χ0) is 24.8. The van der Waals surface area contributed by atoms with Crippen LogP contribution in [0.5, 0.6) is 11.5 Å². The van der Waals surface area contributed by atoms with Crippen LogP contribution in [0.3, 0.4) is 0 Å². The highest BCUT2D eigenvalue weighted by molar-refractivity contribution is 5.66. The molecular weight excluding hydrogens is 442 g/mol. The summed E-state index contributed by atoms with van der Waals surface area (Å²) in [6.45, 7) is 6.41. The Kier molecular flexibility index (Phi) is 7.61. The van der Waals surface area contributed by atoms with Crippen LogP contribution in [0, 0.1) is 0 Å². The molecule has 1 heterocycles. The second-order valence-corrected chi connectivity index (χ2v) is 9.22. The van der Waals surface area contributed by atoms with Gasteiger partial charge in [0, 0.05) is 24.7 Å². The molecule has 6 heteroatoms. The van der Waals surface area contributed by atoms with E-state index in [1.54, 1.807) is 7.11 Å². The van der Waals surface area contributed by atoms with E-state index in [0.29, 0.717) is 13.2 Å². The lowest BCUT2D eigenvalue weighted by molar-refractivity contribution is -0.182. The molecule has 35 heavy (non-hydrogen) atoms. The normalized spacial score (nSPS) is 18.2. The maximum absolute atomic E-state index is 12.0. The number of esters is 1. The van der Waals surface area contributed by atoms with Crippen molar-refractivity contribution in [3.63, 3.8) is 0 Å². The average molecular weight is 476 g/mol. The third-order valence-corrected chi connectivity index (χ3v) is 6.13. The molecule has 0 radical (unpaired) electrons. The van der Waals surface area contributed by atoms with Gasteiger partial charge in [-0.05, 0) is 61.7 Å². The van der Waals surface area contributed by atoms with Crippen molar-refractivity contribution in [3.8, 4) is 11.5 Å². The van der Waals surface area contributed by atoms with Gasteiger partial charge in [0.05, 0.1) is 13.7 Å². The fourth-order valence-electron chi connectivity index (χ4n) is 4.30. The van der Waals surface area contributed by atoms with E-state index in [2.05, 4.69) is 17.4 Å². The van der Waals surface area contributed by atoms with Crippen LogP contribution >= 0.6 is 0 Å². The smallest absolute Gasteiger partial charge is 0.303 e. The fraction of sp³-hybridized carbons (Fsp3) is 0.345. The second-order valence-electron chi connectivity index (χ2n) is 9.22. The van der Waals surface area contributed by atoms with Crippen LogP contribution in [0.25, 0.3) is 0 Å². The van der Waals surface area contributed by atoms with Gasteiger partial charge in [0.15, 0.2) is 6.10 Å². The summed E-state index contributed by atoms with van der Waals surface area (Å²) in [5, 5.41) is 3.47. The number of benzene rings is 3. The molecule has 3 aromatic rings. The van der Waals surface area contributed by atoms with Crippen LogP contribution in [-0.2, 0) is 27.2 Å². The minimum atomic E-state index is -0.742. The highest BCUT2D eigenvalue weighted by atomic mass is 16.6. The van der Waals surface area contributed by atoms with Crippen molar-refractivity contribution in [2.24, 2.45) is 0 Å². The lowest BCUT2D eigenvalue weighted by Gasteiger charge is -2.43. The van der Waals surface area contributed by atoms with Gasteiger partial charge in [0.1, 0.15) is 23.2 Å². The Balaban J connectivity index is 1.55. The first-order valence-electron chi connectivity index (χ1n) is 11.9. The molecule has 0 fully saturated rings. The summed E-state index contributed by atoms with van der Waals surface area (Å²) in [6.07, 6.45) is -0.278. The molecule has 0 aliphatic carbocycles. The van der Waals surface area contributed by atoms with Crippen LogP contribution < -0.4 is 14.8 Å². The van der Waals surface area contributed by atoms with E-state index in [9.17, 15) is 4.79 Å². The third-order valence-electron chi connectivity index (χ3n) is 6.13. The van der Waals surface area contributed by atoms with E-state index in [1.807, 2.05) is 74.5 Å². The number of fused-ring (bicyclic) bond motifs is 1. The molecule has 0 amide bonds. The van der Waals surface area contributed by atoms with E-state index < -0.39 is 17.8 Å². The number of anilines is 1. The van der Waals surface area contributed by atoms with Gasteiger partial charge >= 0.3 is 5.97 Å². The molecule has 1 aliphatic heterocycles. The Morgan fingerprint density at radius 1 is 1.00 bits per heavy atom. The zero-order valence-electron chi connectivity index (χ0n) is 20.7. The van der Waals surface area contributed by atoms with Crippen molar-refractivity contribution in [1.29, 1.82) is 0 Å². The SMILES string of the molecule is COc1ccc(CNc2ccc3c(c2)C(OCCc2ccccc2)C(OC(C)=O)C(C)(C)O3)cc1. The third kappa shape index (κ3) is 6.14. The van der Waals surface area contributed by atoms with Crippen LogP contribution in [0.4, 0.5) is 5.69 Å². The molecular formula is C29H33NO5. The molecule has 0 saturated heterocycles. The molecule has 2 unspecified atom stereocenters. The number of carbonyl (C=O) groups is 1. The highest BCUT2D eigenvalue weighted by Gasteiger charge is 2.47. The van der Waals surface area contributed by atoms with Gasteiger partial charge in [-0.15, -0.1) is 0 Å². The van der Waals surface area contributed by atoms with Crippen molar-refractivity contribution in [1.82, 2.24) is 0 Å². The van der Waals surface area contributed by atoms with Gasteiger partial charge in [0.2, 0.25) is 0 Å². The summed E-state index contributed by atoms with van der Waals surface area (Å²) >= 11 is 0. The first kappa shape index (κ1) is 24.6. The molecule has 1 N–H and O–H groups in total. The van der Waals surface area contributed by atoms with E-state index in [4.69, 9.17) is 18.9 Å². The largest absolute Gasteiger partial charge is 0.497 e. The number of hydrogen-bond acceptors (Lipinski definition) is 6. The molecule has 0 saturated carbocycles. The molecule has 6 nitrogen and oxygen atoms in total. The number of nitrogens with one attached hydrogen (secondary N) is 1. The Bertz CT molecular complexity index is 1130. The summed E-state index contributed by atoms with van der Waals surface area (Å²) in [5.74, 6) is 1.20. The summed E-state index contributed by atoms with van der Waals surface area (Å²) < 4.78 is 23.7. The lowest BCUT2D eigenvalue weighted by Crippen LogP contribution is -2.51. The quantitative estimate of drug-likeness (QED) is 0.400. The molecule has 1 aliphatic rings. The Labute approximate surface area is 207 Å². The highest BCUT2D eigenvalue weighted by Crippen LogP contribution is 2.44. The van der Waals surface area contributed by atoms with E-state index in [-0.39, 0.29) is 5.97 Å². The summed E-state index contributed by atoms with van der Waals surface area (Å²) in [7, 11) is 1.66. The predicted molar refractivity (Wildman–Crippen MR) is 136 cm³/mol. The van der Waals surface area contributed by atoms with Gasteiger partial charge in [0.25, 0.3) is 0 Å². The average Bonchev–Trinajstić information content (AvgIpc) is 2.85. The molecule has 0 bridgehead atoms. The first-order valence-corrected chi connectivity index (χ1v) is 11.9. The first-order chi connectivity index (χ1) is 16.9. The maximum atomic E-state index is 12.0. The van der Waals surface area contributed by atoms with Crippen LogP contribution in [0.15, 0.2) is 72.8 Å². The monoisotopic (exact) mass is 475 g/mol. The molecule has 4 rings (SSSR count). The number of carbonyl (C=O) groups excluding carboxylic acids is 1. The number of hydrogen-bond donors (Lipinski definition) is 1. The minimum absolute atomic E-state index is 0.361. The van der Waals surface area contributed by atoms with Crippen molar-refractivity contribution in [2.75, 3.05) is 19.0 Å². The topological polar surface area (TPSA) is 66.0 Å². The van der Waals surface area contributed by atoms with Gasteiger partial charge in [-0.3, -0.25) is 4.79 Å². The molecule has 3 aromatic carbocycles. The van der Waals surface area contributed by atoms with Gasteiger partial charge in [-0.1, -0.05) is 42.5 Å². The standard InChI is InChI=1S/C29H33NO5/c1-20(31)34-28-27(33-17-16-21-8-6-5-7-9-21)25-18-23(12-15-26(25)35-29(28,2)3)30-19-22-10-13-24(32-4)14-11-22/h5-15,18,27-28,30H,16-17,19H2,1-4H3. The Morgan fingerprint density at radius 3 is 2.43 bits per heavy atom. The van der Waals surface area contributed by atoms with Crippen LogP contribution in [0.1, 0.15) is 43.6 Å². The number of methoxy groups -OCH3 is 1. The molecule has 0 spiro atoms. The van der Waals surface area contributed by atoms with Gasteiger partial charge in [-0.25, -0.2) is 0 Å². The Morgan fingerprint density at radius 2 is 1.74 bits per heavy atom. The summed E-state index contributed by atoms with van der Waals surface area (Å²) in [6, 6.07) is 24.1. The van der Waals surface area contributed by atoms with Crippen molar-refractivity contribution in [3.05, 3.63) is 89.5 Å². The maximum Gasteiger partial charge on any atom is 0.303 e. The van der Waals surface area contributed by atoms with Crippen LogP contribution in [-0.4, -0.2) is 31.4 Å². The van der Waals surface area contributed by atoms with Gasteiger partial charge < -0.3 is 24.3 Å². The minimum Gasteiger partial charge on any atom is -0.497 e. The van der Waals surface area contributed by atoms with Crippen molar-refractivity contribution < 1.29 is 23.7 Å². The molecule has 0 aromatic heterocycles. The van der Waals surface area contributed by atoms with Gasteiger partial charge in [-0.2, -0.15) is 0 Å². The number of ether oxygens (including phenoxy) is 4. The van der Waals surface area contributed by atoms with Crippen molar-refractivity contribution >= 4 is 11.7 Å². The van der Waals surface area contributed by atoms with Crippen molar-refractivity contribution in [2.45, 2.75) is 51.5 Å². The van der Waals surface area contributed by atoms with E-state index >= 15 is 0 Å².